The van der Waals surface area contributed by atoms with Crippen LogP contribution in [0.2, 0.25) is 0 Å². The van der Waals surface area contributed by atoms with Gasteiger partial charge in [0, 0.05) is 25.4 Å². The lowest BCUT2D eigenvalue weighted by Gasteiger charge is -2.31. The third kappa shape index (κ3) is 2.92. The molecule has 1 saturated heterocycles. The molecule has 2 aliphatic rings. The molecule has 2 aromatic heterocycles. The molecule has 1 atom stereocenters. The fraction of sp³-hybridized carbons (Fsp3) is 0.562. The van der Waals surface area contributed by atoms with Gasteiger partial charge in [-0.3, -0.25) is 4.79 Å². The van der Waals surface area contributed by atoms with Gasteiger partial charge < -0.3 is 9.42 Å². The summed E-state index contributed by atoms with van der Waals surface area (Å²) in [6.07, 6.45) is 5.33. The molecule has 116 valence electrons. The molecule has 5 nitrogen and oxygen atoms in total. The quantitative estimate of drug-likeness (QED) is 0.869. The molecule has 4 rings (SSSR count). The summed E-state index contributed by atoms with van der Waals surface area (Å²) in [5, 5.41) is 6.02. The second-order valence-corrected chi connectivity index (χ2v) is 7.21. The van der Waals surface area contributed by atoms with Crippen molar-refractivity contribution in [3.8, 4) is 0 Å². The first-order valence-electron chi connectivity index (χ1n) is 7.95. The SMILES string of the molecule is O=C(c1cccs1)N1CCCC(Cc2nc(C3CC3)no2)C1. The van der Waals surface area contributed by atoms with Crippen molar-refractivity contribution in [3.63, 3.8) is 0 Å². The topological polar surface area (TPSA) is 59.2 Å². The summed E-state index contributed by atoms with van der Waals surface area (Å²) >= 11 is 1.51. The maximum atomic E-state index is 12.4. The van der Waals surface area contributed by atoms with Crippen molar-refractivity contribution < 1.29 is 9.32 Å². The number of carbonyl (C=O) groups is 1. The third-order valence-electron chi connectivity index (χ3n) is 4.43. The number of rotatable bonds is 4. The van der Waals surface area contributed by atoms with E-state index in [9.17, 15) is 4.79 Å². The van der Waals surface area contributed by atoms with Gasteiger partial charge in [0.25, 0.3) is 5.91 Å². The largest absolute Gasteiger partial charge is 0.339 e. The molecule has 1 amide bonds. The van der Waals surface area contributed by atoms with Crippen molar-refractivity contribution in [2.24, 2.45) is 5.92 Å². The van der Waals surface area contributed by atoms with Gasteiger partial charge in [0.2, 0.25) is 5.89 Å². The molecule has 22 heavy (non-hydrogen) atoms. The Morgan fingerprint density at radius 3 is 3.09 bits per heavy atom. The van der Waals surface area contributed by atoms with Gasteiger partial charge in [-0.2, -0.15) is 4.98 Å². The van der Waals surface area contributed by atoms with Gasteiger partial charge in [-0.25, -0.2) is 0 Å². The lowest BCUT2D eigenvalue weighted by molar-refractivity contribution is 0.0673. The summed E-state index contributed by atoms with van der Waals surface area (Å²) in [7, 11) is 0. The van der Waals surface area contributed by atoms with Gasteiger partial charge in [-0.15, -0.1) is 11.3 Å². The average molecular weight is 317 g/mol. The summed E-state index contributed by atoms with van der Waals surface area (Å²) in [6, 6.07) is 3.83. The Hall–Kier alpha value is -1.69. The fourth-order valence-corrected chi connectivity index (χ4v) is 3.77. The molecule has 6 heteroatoms. The minimum atomic E-state index is 0.156. The van der Waals surface area contributed by atoms with E-state index in [1.54, 1.807) is 0 Å². The highest BCUT2D eigenvalue weighted by atomic mass is 32.1. The Labute approximate surface area is 133 Å². The number of nitrogens with zero attached hydrogens (tertiary/aromatic N) is 3. The van der Waals surface area contributed by atoms with Crippen LogP contribution in [0.3, 0.4) is 0 Å². The lowest BCUT2D eigenvalue weighted by atomic mass is 9.94. The van der Waals surface area contributed by atoms with Crippen LogP contribution in [0.4, 0.5) is 0 Å². The van der Waals surface area contributed by atoms with Crippen LogP contribution in [-0.2, 0) is 6.42 Å². The van der Waals surface area contributed by atoms with Crippen LogP contribution in [0.5, 0.6) is 0 Å². The number of hydrogen-bond acceptors (Lipinski definition) is 5. The van der Waals surface area contributed by atoms with Crippen molar-refractivity contribution in [2.75, 3.05) is 13.1 Å². The first kappa shape index (κ1) is 13.9. The monoisotopic (exact) mass is 317 g/mol. The molecule has 2 fully saturated rings. The van der Waals surface area contributed by atoms with E-state index in [0.29, 0.717) is 11.8 Å². The number of likely N-dealkylation sites (tertiary alicyclic amines) is 1. The molecule has 0 bridgehead atoms. The maximum Gasteiger partial charge on any atom is 0.263 e. The standard InChI is InChI=1S/C16H19N3O2S/c20-16(13-4-2-8-22-13)19-7-1-3-11(10-19)9-14-17-15(18-21-14)12-5-6-12/h2,4,8,11-12H,1,3,5-7,9-10H2. The molecule has 3 heterocycles. The fourth-order valence-electron chi connectivity index (χ4n) is 3.08. The summed E-state index contributed by atoms with van der Waals surface area (Å²) in [6.45, 7) is 1.64. The van der Waals surface area contributed by atoms with Gasteiger partial charge in [0.1, 0.15) is 0 Å². The molecular weight excluding hydrogens is 298 g/mol. The van der Waals surface area contributed by atoms with Crippen molar-refractivity contribution >= 4 is 17.2 Å². The number of hydrogen-bond donors (Lipinski definition) is 0. The molecule has 0 radical (unpaired) electrons. The summed E-state index contributed by atoms with van der Waals surface area (Å²) in [5.74, 6) is 2.71. The smallest absolute Gasteiger partial charge is 0.263 e. The van der Waals surface area contributed by atoms with Crippen LogP contribution >= 0.6 is 11.3 Å². The predicted octanol–water partition coefficient (Wildman–Crippen LogP) is 3.10. The van der Waals surface area contributed by atoms with E-state index >= 15 is 0 Å². The number of piperidine rings is 1. The second kappa shape index (κ2) is 5.83. The Kier molecular flexibility index (Phi) is 3.70. The highest BCUT2D eigenvalue weighted by Crippen LogP contribution is 2.38. The summed E-state index contributed by atoms with van der Waals surface area (Å²) in [4.78, 5) is 19.8. The second-order valence-electron chi connectivity index (χ2n) is 6.26. The molecular formula is C16H19N3O2S. The van der Waals surface area contributed by atoms with Gasteiger partial charge in [0.15, 0.2) is 5.82 Å². The van der Waals surface area contributed by atoms with E-state index in [-0.39, 0.29) is 5.91 Å². The summed E-state index contributed by atoms with van der Waals surface area (Å²) in [5.41, 5.74) is 0. The molecule has 1 aliphatic heterocycles. The molecule has 0 spiro atoms. The van der Waals surface area contributed by atoms with Crippen molar-refractivity contribution in [2.45, 2.75) is 38.0 Å². The first-order valence-corrected chi connectivity index (χ1v) is 8.83. The number of aromatic nitrogens is 2. The predicted molar refractivity (Wildman–Crippen MR) is 82.9 cm³/mol. The van der Waals surface area contributed by atoms with Crippen LogP contribution in [0.15, 0.2) is 22.0 Å². The Morgan fingerprint density at radius 2 is 2.32 bits per heavy atom. The van der Waals surface area contributed by atoms with E-state index < -0.39 is 0 Å². The zero-order valence-corrected chi connectivity index (χ0v) is 13.2. The number of thiophene rings is 1. The van der Waals surface area contributed by atoms with Crippen LogP contribution in [0.25, 0.3) is 0 Å². The molecule has 1 aliphatic carbocycles. The molecule has 0 N–H and O–H groups in total. The van der Waals surface area contributed by atoms with Crippen molar-refractivity contribution in [3.05, 3.63) is 34.1 Å². The van der Waals surface area contributed by atoms with Crippen LogP contribution in [0, 0.1) is 5.92 Å². The number of amides is 1. The zero-order valence-electron chi connectivity index (χ0n) is 12.4. The number of carbonyl (C=O) groups excluding carboxylic acids is 1. The minimum Gasteiger partial charge on any atom is -0.339 e. The lowest BCUT2D eigenvalue weighted by Crippen LogP contribution is -2.40. The van der Waals surface area contributed by atoms with Crippen LogP contribution < -0.4 is 0 Å². The van der Waals surface area contributed by atoms with E-state index in [2.05, 4.69) is 10.1 Å². The normalized spacial score (nSPS) is 22.0. The Morgan fingerprint density at radius 1 is 1.41 bits per heavy atom. The first-order chi connectivity index (χ1) is 10.8. The van der Waals surface area contributed by atoms with E-state index in [4.69, 9.17) is 4.52 Å². The molecule has 0 aromatic carbocycles. The van der Waals surface area contributed by atoms with Crippen LogP contribution in [0.1, 0.15) is 53.0 Å². The Balaban J connectivity index is 1.38. The van der Waals surface area contributed by atoms with E-state index in [1.165, 1.54) is 24.2 Å². The third-order valence-corrected chi connectivity index (χ3v) is 5.29. The van der Waals surface area contributed by atoms with Gasteiger partial charge in [0.05, 0.1) is 4.88 Å². The van der Waals surface area contributed by atoms with Crippen molar-refractivity contribution in [1.29, 1.82) is 0 Å². The van der Waals surface area contributed by atoms with Gasteiger partial charge in [-0.05, 0) is 43.0 Å². The zero-order chi connectivity index (χ0) is 14.9. The minimum absolute atomic E-state index is 0.156. The van der Waals surface area contributed by atoms with E-state index in [0.717, 1.165) is 48.9 Å². The Bertz CT molecular complexity index is 648. The highest BCUT2D eigenvalue weighted by molar-refractivity contribution is 7.12. The average Bonchev–Trinajstić information content (AvgIpc) is 3.05. The highest BCUT2D eigenvalue weighted by Gasteiger charge is 2.30. The van der Waals surface area contributed by atoms with Gasteiger partial charge in [-0.1, -0.05) is 11.2 Å². The van der Waals surface area contributed by atoms with Crippen molar-refractivity contribution in [1.82, 2.24) is 15.0 Å². The van der Waals surface area contributed by atoms with Crippen LogP contribution in [-0.4, -0.2) is 34.0 Å². The van der Waals surface area contributed by atoms with E-state index in [1.807, 2.05) is 22.4 Å². The summed E-state index contributed by atoms with van der Waals surface area (Å²) < 4.78 is 5.37. The maximum absolute atomic E-state index is 12.4. The van der Waals surface area contributed by atoms with Gasteiger partial charge >= 0.3 is 0 Å². The molecule has 1 saturated carbocycles. The molecule has 2 aromatic rings. The molecule has 1 unspecified atom stereocenters.